The monoisotopic (exact) mass is 249 g/mol. The minimum absolute atomic E-state index is 0.0193. The molecule has 0 aromatic heterocycles. The predicted octanol–water partition coefficient (Wildman–Crippen LogP) is 1.81. The Labute approximate surface area is 95.1 Å². The van der Waals surface area contributed by atoms with Crippen LogP contribution in [0.2, 0.25) is 0 Å². The molecule has 0 aliphatic rings. The van der Waals surface area contributed by atoms with Gasteiger partial charge in [0.25, 0.3) is 0 Å². The summed E-state index contributed by atoms with van der Waals surface area (Å²) >= 11 is 0. The molecule has 0 bridgehead atoms. The minimum atomic E-state index is -4.49. The molecule has 1 aromatic carbocycles. The van der Waals surface area contributed by atoms with Crippen LogP contribution >= 0.6 is 0 Å². The van der Waals surface area contributed by atoms with Crippen LogP contribution in [0.1, 0.15) is 17.2 Å². The third-order valence-corrected chi connectivity index (χ3v) is 2.07. The molecular weight excluding hydrogens is 239 g/mol. The molecule has 0 heterocycles. The maximum Gasteiger partial charge on any atom is 0.416 e. The fourth-order valence-corrected chi connectivity index (χ4v) is 1.26. The summed E-state index contributed by atoms with van der Waals surface area (Å²) in [4.78, 5) is 15.5. The molecule has 0 saturated carbocycles. The van der Waals surface area contributed by atoms with E-state index in [4.69, 9.17) is 5.90 Å². The van der Waals surface area contributed by atoms with Crippen LogP contribution in [-0.2, 0) is 20.5 Å². The number of carbonyl (C=O) groups excluding carboxylic acids is 1. The van der Waals surface area contributed by atoms with E-state index >= 15 is 0 Å². The lowest BCUT2D eigenvalue weighted by atomic mass is 10.1. The number of rotatable bonds is 3. The Kier molecular flexibility index (Phi) is 4.08. The van der Waals surface area contributed by atoms with E-state index in [1.54, 1.807) is 0 Å². The van der Waals surface area contributed by atoms with Gasteiger partial charge in [0.05, 0.1) is 12.7 Å². The zero-order valence-electron chi connectivity index (χ0n) is 8.82. The minimum Gasteiger partial charge on any atom is -0.467 e. The molecule has 0 fully saturated rings. The van der Waals surface area contributed by atoms with E-state index in [1.807, 2.05) is 0 Å². The summed E-state index contributed by atoms with van der Waals surface area (Å²) in [5, 5.41) is 0. The maximum absolute atomic E-state index is 12.4. The summed E-state index contributed by atoms with van der Waals surface area (Å²) in [5.41, 5.74) is -0.907. The summed E-state index contributed by atoms with van der Waals surface area (Å²) in [6.45, 7) is 0. The van der Waals surface area contributed by atoms with Gasteiger partial charge in [0, 0.05) is 0 Å². The predicted molar refractivity (Wildman–Crippen MR) is 51.5 cm³/mol. The summed E-state index contributed by atoms with van der Waals surface area (Å²) in [5.74, 6) is 3.99. The van der Waals surface area contributed by atoms with E-state index in [2.05, 4.69) is 9.57 Å². The number of alkyl halides is 3. The van der Waals surface area contributed by atoms with Gasteiger partial charge in [-0.25, -0.2) is 10.7 Å². The third-order valence-electron chi connectivity index (χ3n) is 2.07. The highest BCUT2D eigenvalue weighted by atomic mass is 19.4. The fraction of sp³-hybridized carbons (Fsp3) is 0.300. The van der Waals surface area contributed by atoms with Gasteiger partial charge in [0.2, 0.25) is 6.10 Å². The zero-order valence-corrected chi connectivity index (χ0v) is 8.82. The van der Waals surface area contributed by atoms with Crippen molar-refractivity contribution in [2.45, 2.75) is 12.3 Å². The average molecular weight is 249 g/mol. The summed E-state index contributed by atoms with van der Waals surface area (Å²) < 4.78 is 41.6. The van der Waals surface area contributed by atoms with E-state index in [9.17, 15) is 18.0 Å². The van der Waals surface area contributed by atoms with Crippen molar-refractivity contribution >= 4 is 5.97 Å². The van der Waals surface area contributed by atoms with Gasteiger partial charge in [-0.3, -0.25) is 4.84 Å². The molecule has 1 aromatic rings. The van der Waals surface area contributed by atoms with E-state index in [0.717, 1.165) is 25.3 Å². The van der Waals surface area contributed by atoms with Crippen LogP contribution in [0.5, 0.6) is 0 Å². The van der Waals surface area contributed by atoms with Gasteiger partial charge < -0.3 is 4.74 Å². The first-order chi connectivity index (χ1) is 7.90. The standard InChI is InChI=1S/C10H10F3NO3/c1-16-9(15)8(17-14)6-3-2-4-7(5-6)10(11,12)13/h2-5,8H,14H2,1H3. The molecule has 0 radical (unpaired) electrons. The molecule has 17 heavy (non-hydrogen) atoms. The molecule has 0 aliphatic heterocycles. The van der Waals surface area contributed by atoms with Gasteiger partial charge in [-0.15, -0.1) is 0 Å². The maximum atomic E-state index is 12.4. The SMILES string of the molecule is COC(=O)C(ON)c1cccc(C(F)(F)F)c1. The number of ether oxygens (including phenoxy) is 1. The van der Waals surface area contributed by atoms with Gasteiger partial charge in [-0.05, 0) is 17.7 Å². The average Bonchev–Trinajstić information content (AvgIpc) is 2.29. The van der Waals surface area contributed by atoms with Crippen molar-refractivity contribution in [2.75, 3.05) is 7.11 Å². The number of benzene rings is 1. The molecule has 7 heteroatoms. The van der Waals surface area contributed by atoms with Crippen LogP contribution < -0.4 is 5.90 Å². The number of esters is 1. The zero-order chi connectivity index (χ0) is 13.1. The van der Waals surface area contributed by atoms with Gasteiger partial charge in [-0.1, -0.05) is 12.1 Å². The highest BCUT2D eigenvalue weighted by molar-refractivity contribution is 5.76. The lowest BCUT2D eigenvalue weighted by Gasteiger charge is -2.14. The Hall–Kier alpha value is -1.60. The molecule has 2 N–H and O–H groups in total. The molecule has 4 nitrogen and oxygen atoms in total. The molecule has 0 amide bonds. The van der Waals surface area contributed by atoms with Crippen LogP contribution in [0.25, 0.3) is 0 Å². The van der Waals surface area contributed by atoms with Crippen molar-refractivity contribution < 1.29 is 27.5 Å². The number of hydrogen-bond donors (Lipinski definition) is 1. The third kappa shape index (κ3) is 3.18. The number of halogens is 3. The molecule has 94 valence electrons. The molecule has 0 aliphatic carbocycles. The van der Waals surface area contributed by atoms with Gasteiger partial charge in [-0.2, -0.15) is 13.2 Å². The highest BCUT2D eigenvalue weighted by Crippen LogP contribution is 2.31. The smallest absolute Gasteiger partial charge is 0.416 e. The molecule has 1 rings (SSSR count). The van der Waals surface area contributed by atoms with Crippen molar-refractivity contribution in [1.29, 1.82) is 0 Å². The number of hydrogen-bond acceptors (Lipinski definition) is 4. The van der Waals surface area contributed by atoms with Crippen LogP contribution in [0.15, 0.2) is 24.3 Å². The van der Waals surface area contributed by atoms with Gasteiger partial charge in [0.1, 0.15) is 0 Å². The Balaban J connectivity index is 3.10. The lowest BCUT2D eigenvalue weighted by molar-refractivity contribution is -0.155. The topological polar surface area (TPSA) is 61.5 Å². The van der Waals surface area contributed by atoms with E-state index < -0.39 is 23.8 Å². The van der Waals surface area contributed by atoms with Crippen LogP contribution in [-0.4, -0.2) is 13.1 Å². The summed E-state index contributed by atoms with van der Waals surface area (Å²) in [7, 11) is 1.09. The summed E-state index contributed by atoms with van der Waals surface area (Å²) in [6.07, 6.45) is -5.87. The summed E-state index contributed by atoms with van der Waals surface area (Å²) in [6, 6.07) is 4.12. The fourth-order valence-electron chi connectivity index (χ4n) is 1.26. The highest BCUT2D eigenvalue weighted by Gasteiger charge is 2.32. The number of methoxy groups -OCH3 is 1. The Morgan fingerprint density at radius 3 is 2.53 bits per heavy atom. The van der Waals surface area contributed by atoms with Crippen LogP contribution in [0, 0.1) is 0 Å². The quantitative estimate of drug-likeness (QED) is 0.655. The Morgan fingerprint density at radius 2 is 2.06 bits per heavy atom. The van der Waals surface area contributed by atoms with Gasteiger partial charge >= 0.3 is 12.1 Å². The lowest BCUT2D eigenvalue weighted by Crippen LogP contribution is -2.21. The first-order valence-corrected chi connectivity index (χ1v) is 4.50. The van der Waals surface area contributed by atoms with Crippen molar-refractivity contribution in [3.63, 3.8) is 0 Å². The molecule has 1 atom stereocenters. The van der Waals surface area contributed by atoms with Crippen molar-refractivity contribution in [2.24, 2.45) is 5.90 Å². The number of nitrogens with two attached hydrogens (primary N) is 1. The molecule has 1 unspecified atom stereocenters. The Morgan fingerprint density at radius 1 is 1.41 bits per heavy atom. The van der Waals surface area contributed by atoms with Crippen molar-refractivity contribution in [3.05, 3.63) is 35.4 Å². The Bertz CT molecular complexity index is 406. The van der Waals surface area contributed by atoms with Gasteiger partial charge in [0.15, 0.2) is 0 Å². The first kappa shape index (κ1) is 13.5. The van der Waals surface area contributed by atoms with Crippen molar-refractivity contribution in [1.82, 2.24) is 0 Å². The second-order valence-electron chi connectivity index (χ2n) is 3.16. The molecule has 0 saturated heterocycles. The van der Waals surface area contributed by atoms with Crippen LogP contribution in [0.4, 0.5) is 13.2 Å². The van der Waals surface area contributed by atoms with Crippen LogP contribution in [0.3, 0.4) is 0 Å². The second-order valence-corrected chi connectivity index (χ2v) is 3.16. The van der Waals surface area contributed by atoms with E-state index in [-0.39, 0.29) is 5.56 Å². The van der Waals surface area contributed by atoms with Crippen molar-refractivity contribution in [3.8, 4) is 0 Å². The van der Waals surface area contributed by atoms with E-state index in [0.29, 0.717) is 0 Å². The second kappa shape index (κ2) is 5.15. The molecule has 0 spiro atoms. The molecular formula is C10H10F3NO3. The largest absolute Gasteiger partial charge is 0.467 e. The normalized spacial score (nSPS) is 13.2. The number of carbonyl (C=O) groups is 1. The van der Waals surface area contributed by atoms with E-state index in [1.165, 1.54) is 6.07 Å². The first-order valence-electron chi connectivity index (χ1n) is 4.50.